The van der Waals surface area contributed by atoms with E-state index in [-0.39, 0.29) is 0 Å². The predicted octanol–water partition coefficient (Wildman–Crippen LogP) is 2.86. The first-order valence-electron chi connectivity index (χ1n) is 5.00. The number of nitrogens with zero attached hydrogens (tertiary/aromatic N) is 3. The molecular formula is C11H8BrN5. The fourth-order valence-corrected chi connectivity index (χ4v) is 1.94. The van der Waals surface area contributed by atoms with Crippen LogP contribution in [0, 0.1) is 0 Å². The molecule has 1 aromatic carbocycles. The van der Waals surface area contributed by atoms with Gasteiger partial charge in [-0.15, -0.1) is 0 Å². The Morgan fingerprint density at radius 2 is 2.06 bits per heavy atom. The molecule has 5 nitrogen and oxygen atoms in total. The second-order valence-corrected chi connectivity index (χ2v) is 4.31. The lowest BCUT2D eigenvalue weighted by Gasteiger charge is -2.07. The van der Waals surface area contributed by atoms with E-state index in [1.54, 1.807) is 6.20 Å². The molecule has 0 fully saturated rings. The van der Waals surface area contributed by atoms with Gasteiger partial charge in [0.2, 0.25) is 0 Å². The minimum absolute atomic E-state index is 0.717. The van der Waals surface area contributed by atoms with Crippen LogP contribution in [-0.2, 0) is 0 Å². The standard InChI is InChI=1S/C11H8BrN5/c12-8-3-1-2-4-9(8)16-10-7-5-15-17-11(7)14-6-13-10/h1-6H,(H2,13,14,15,16,17). The van der Waals surface area contributed by atoms with Crippen molar-refractivity contribution in [1.82, 2.24) is 20.2 Å². The molecule has 0 saturated heterocycles. The third-order valence-corrected chi connectivity index (χ3v) is 3.07. The summed E-state index contributed by atoms with van der Waals surface area (Å²) in [7, 11) is 0. The molecule has 84 valence electrons. The fraction of sp³-hybridized carbons (Fsp3) is 0. The minimum Gasteiger partial charge on any atom is -0.339 e. The maximum Gasteiger partial charge on any atom is 0.160 e. The highest BCUT2D eigenvalue weighted by Gasteiger charge is 2.06. The molecule has 0 bridgehead atoms. The molecular weight excluding hydrogens is 282 g/mol. The van der Waals surface area contributed by atoms with Crippen LogP contribution in [0.15, 0.2) is 41.3 Å². The van der Waals surface area contributed by atoms with Crippen LogP contribution in [0.3, 0.4) is 0 Å². The van der Waals surface area contributed by atoms with Gasteiger partial charge >= 0.3 is 0 Å². The summed E-state index contributed by atoms with van der Waals surface area (Å²) < 4.78 is 0.982. The number of anilines is 2. The van der Waals surface area contributed by atoms with Crippen molar-refractivity contribution in [3.05, 3.63) is 41.3 Å². The van der Waals surface area contributed by atoms with Crippen molar-refractivity contribution >= 4 is 38.5 Å². The summed E-state index contributed by atoms with van der Waals surface area (Å²) in [5.74, 6) is 0.732. The van der Waals surface area contributed by atoms with Gasteiger partial charge in [-0.05, 0) is 28.1 Å². The van der Waals surface area contributed by atoms with Gasteiger partial charge in [0, 0.05) is 4.47 Å². The number of halogens is 1. The molecule has 0 amide bonds. The molecule has 0 radical (unpaired) electrons. The second kappa shape index (κ2) is 4.14. The summed E-state index contributed by atoms with van der Waals surface area (Å²) >= 11 is 3.48. The summed E-state index contributed by atoms with van der Waals surface area (Å²) in [6, 6.07) is 7.86. The lowest BCUT2D eigenvalue weighted by molar-refractivity contribution is 1.09. The average Bonchev–Trinajstić information content (AvgIpc) is 2.81. The molecule has 0 aliphatic heterocycles. The normalized spacial score (nSPS) is 10.6. The van der Waals surface area contributed by atoms with Crippen LogP contribution in [0.25, 0.3) is 11.0 Å². The van der Waals surface area contributed by atoms with Crippen molar-refractivity contribution in [3.8, 4) is 0 Å². The van der Waals surface area contributed by atoms with Crippen molar-refractivity contribution in [2.75, 3.05) is 5.32 Å². The Bertz CT molecular complexity index is 664. The van der Waals surface area contributed by atoms with Gasteiger partial charge in [-0.3, -0.25) is 5.10 Å². The van der Waals surface area contributed by atoms with E-state index in [0.29, 0.717) is 0 Å². The molecule has 3 aromatic rings. The molecule has 0 aliphatic rings. The Hall–Kier alpha value is -1.95. The van der Waals surface area contributed by atoms with Gasteiger partial charge < -0.3 is 5.32 Å². The summed E-state index contributed by atoms with van der Waals surface area (Å²) in [5, 5.41) is 10.9. The molecule has 2 heterocycles. The molecule has 17 heavy (non-hydrogen) atoms. The zero-order valence-electron chi connectivity index (χ0n) is 8.68. The maximum absolute atomic E-state index is 4.21. The van der Waals surface area contributed by atoms with Crippen molar-refractivity contribution in [1.29, 1.82) is 0 Å². The Balaban J connectivity index is 2.06. The summed E-state index contributed by atoms with van der Waals surface area (Å²) in [4.78, 5) is 8.30. The van der Waals surface area contributed by atoms with Gasteiger partial charge in [0.1, 0.15) is 12.1 Å². The van der Waals surface area contributed by atoms with Crippen molar-refractivity contribution in [2.24, 2.45) is 0 Å². The molecule has 0 aliphatic carbocycles. The van der Waals surface area contributed by atoms with Crippen LogP contribution in [0.1, 0.15) is 0 Å². The number of rotatable bonds is 2. The molecule has 2 aromatic heterocycles. The lowest BCUT2D eigenvalue weighted by Crippen LogP contribution is -1.95. The Morgan fingerprint density at radius 3 is 2.94 bits per heavy atom. The van der Waals surface area contributed by atoms with Crippen LogP contribution in [0.4, 0.5) is 11.5 Å². The van der Waals surface area contributed by atoms with E-state index in [2.05, 4.69) is 41.4 Å². The minimum atomic E-state index is 0.717. The molecule has 0 atom stereocenters. The van der Waals surface area contributed by atoms with Gasteiger partial charge in [-0.25, -0.2) is 9.97 Å². The molecule has 0 saturated carbocycles. The number of aromatic nitrogens is 4. The average molecular weight is 290 g/mol. The van der Waals surface area contributed by atoms with Gasteiger partial charge in [0.15, 0.2) is 5.65 Å². The molecule has 0 spiro atoms. The molecule has 6 heteroatoms. The monoisotopic (exact) mass is 289 g/mol. The third-order valence-electron chi connectivity index (χ3n) is 2.37. The van der Waals surface area contributed by atoms with Gasteiger partial charge in [0.05, 0.1) is 17.3 Å². The van der Waals surface area contributed by atoms with E-state index in [1.807, 2.05) is 24.3 Å². The van der Waals surface area contributed by atoms with Gasteiger partial charge in [-0.1, -0.05) is 12.1 Å². The van der Waals surface area contributed by atoms with E-state index in [0.717, 1.165) is 27.0 Å². The van der Waals surface area contributed by atoms with E-state index < -0.39 is 0 Å². The van der Waals surface area contributed by atoms with Crippen LogP contribution in [0.2, 0.25) is 0 Å². The SMILES string of the molecule is Brc1ccccc1Nc1ncnc2[nH]ncc12. The largest absolute Gasteiger partial charge is 0.339 e. The molecule has 2 N–H and O–H groups in total. The van der Waals surface area contributed by atoms with E-state index in [4.69, 9.17) is 0 Å². The van der Waals surface area contributed by atoms with Crippen molar-refractivity contribution in [2.45, 2.75) is 0 Å². The number of benzene rings is 1. The highest BCUT2D eigenvalue weighted by molar-refractivity contribution is 9.10. The first-order valence-corrected chi connectivity index (χ1v) is 5.79. The third kappa shape index (κ3) is 1.87. The Morgan fingerprint density at radius 1 is 1.18 bits per heavy atom. The molecule has 0 unspecified atom stereocenters. The zero-order valence-corrected chi connectivity index (χ0v) is 10.3. The number of H-pyrrole nitrogens is 1. The summed E-state index contributed by atoms with van der Waals surface area (Å²) in [5.41, 5.74) is 1.67. The number of para-hydroxylation sites is 1. The number of nitrogens with one attached hydrogen (secondary N) is 2. The highest BCUT2D eigenvalue weighted by Crippen LogP contribution is 2.26. The van der Waals surface area contributed by atoms with Crippen LogP contribution in [0.5, 0.6) is 0 Å². The highest BCUT2D eigenvalue weighted by atomic mass is 79.9. The summed E-state index contributed by atoms with van der Waals surface area (Å²) in [6.07, 6.45) is 3.20. The maximum atomic E-state index is 4.21. The number of fused-ring (bicyclic) bond motifs is 1. The first-order chi connectivity index (χ1) is 8.34. The Kier molecular flexibility index (Phi) is 2.49. The quantitative estimate of drug-likeness (QED) is 0.761. The second-order valence-electron chi connectivity index (χ2n) is 3.46. The van der Waals surface area contributed by atoms with E-state index in [1.165, 1.54) is 6.33 Å². The number of hydrogen-bond donors (Lipinski definition) is 2. The predicted molar refractivity (Wildman–Crippen MR) is 69.1 cm³/mol. The van der Waals surface area contributed by atoms with Crippen LogP contribution >= 0.6 is 15.9 Å². The topological polar surface area (TPSA) is 66.5 Å². The smallest absolute Gasteiger partial charge is 0.160 e. The van der Waals surface area contributed by atoms with Crippen molar-refractivity contribution in [3.63, 3.8) is 0 Å². The van der Waals surface area contributed by atoms with Gasteiger partial charge in [0.25, 0.3) is 0 Å². The lowest BCUT2D eigenvalue weighted by atomic mass is 10.3. The number of hydrogen-bond acceptors (Lipinski definition) is 4. The van der Waals surface area contributed by atoms with E-state index >= 15 is 0 Å². The van der Waals surface area contributed by atoms with E-state index in [9.17, 15) is 0 Å². The van der Waals surface area contributed by atoms with Crippen LogP contribution in [-0.4, -0.2) is 20.2 Å². The van der Waals surface area contributed by atoms with Crippen molar-refractivity contribution < 1.29 is 0 Å². The summed E-state index contributed by atoms with van der Waals surface area (Å²) in [6.45, 7) is 0. The fourth-order valence-electron chi connectivity index (χ4n) is 1.55. The zero-order chi connectivity index (χ0) is 11.7. The molecule has 3 rings (SSSR count). The van der Waals surface area contributed by atoms with Crippen LogP contribution < -0.4 is 5.32 Å². The number of aromatic amines is 1. The Labute approximate surface area is 105 Å². The first kappa shape index (κ1) is 10.2. The van der Waals surface area contributed by atoms with Gasteiger partial charge in [-0.2, -0.15) is 5.10 Å².